The first-order chi connectivity index (χ1) is 9.73. The molecule has 0 heterocycles. The molecule has 0 aromatic heterocycles. The van der Waals surface area contributed by atoms with Crippen LogP contribution in [0.2, 0.25) is 5.02 Å². The summed E-state index contributed by atoms with van der Waals surface area (Å²) in [6.45, 7) is 1.67. The van der Waals surface area contributed by atoms with Crippen molar-refractivity contribution in [2.24, 2.45) is 0 Å². The summed E-state index contributed by atoms with van der Waals surface area (Å²) in [6, 6.07) is 8.06. The van der Waals surface area contributed by atoms with Gasteiger partial charge in [-0.3, -0.25) is 4.31 Å². The summed E-state index contributed by atoms with van der Waals surface area (Å²) in [5.74, 6) is -0.513. The first kappa shape index (κ1) is 15.6. The van der Waals surface area contributed by atoms with E-state index >= 15 is 0 Å². The summed E-state index contributed by atoms with van der Waals surface area (Å²) >= 11 is 5.93. The molecule has 7 heteroatoms. The SMILES string of the molecule is Cc1cc(S(=O)(=O)N(C)c2cccc(F)c2)cc(N)c1Cl. The van der Waals surface area contributed by atoms with E-state index in [0.29, 0.717) is 10.6 Å². The average Bonchev–Trinajstić information content (AvgIpc) is 2.43. The topological polar surface area (TPSA) is 63.4 Å². The molecule has 0 bridgehead atoms. The molecule has 0 saturated carbocycles. The fraction of sp³-hybridized carbons (Fsp3) is 0.143. The molecule has 0 fully saturated rings. The molecule has 21 heavy (non-hydrogen) atoms. The average molecular weight is 329 g/mol. The molecule has 0 aliphatic rings. The molecule has 2 aromatic rings. The molecule has 4 nitrogen and oxygen atoms in total. The minimum absolute atomic E-state index is 0.00802. The number of benzene rings is 2. The maximum Gasteiger partial charge on any atom is 0.264 e. The Labute approximate surface area is 128 Å². The van der Waals surface area contributed by atoms with Crippen LogP contribution in [0.25, 0.3) is 0 Å². The van der Waals surface area contributed by atoms with Crippen molar-refractivity contribution >= 4 is 33.0 Å². The summed E-state index contributed by atoms with van der Waals surface area (Å²) in [4.78, 5) is 0.00802. The van der Waals surface area contributed by atoms with E-state index in [9.17, 15) is 12.8 Å². The van der Waals surface area contributed by atoms with Gasteiger partial charge in [0.05, 0.1) is 21.3 Å². The van der Waals surface area contributed by atoms with Gasteiger partial charge in [-0.05, 0) is 42.8 Å². The van der Waals surface area contributed by atoms with E-state index in [0.717, 1.165) is 10.4 Å². The maximum absolute atomic E-state index is 13.2. The molecule has 0 amide bonds. The quantitative estimate of drug-likeness (QED) is 0.880. The number of nitrogen functional groups attached to an aromatic ring is 1. The number of hydrogen-bond donors (Lipinski definition) is 1. The molecule has 0 radical (unpaired) electrons. The Kier molecular flexibility index (Phi) is 4.11. The Hall–Kier alpha value is -1.79. The van der Waals surface area contributed by atoms with Gasteiger partial charge < -0.3 is 5.73 Å². The van der Waals surface area contributed by atoms with E-state index in [-0.39, 0.29) is 16.3 Å². The van der Waals surface area contributed by atoms with Crippen LogP contribution < -0.4 is 10.0 Å². The van der Waals surface area contributed by atoms with Crippen molar-refractivity contribution in [2.45, 2.75) is 11.8 Å². The van der Waals surface area contributed by atoms with Crippen LogP contribution in [0.5, 0.6) is 0 Å². The summed E-state index contributed by atoms with van der Waals surface area (Å²) in [5, 5.41) is 0.322. The highest BCUT2D eigenvalue weighted by molar-refractivity contribution is 7.92. The maximum atomic E-state index is 13.2. The zero-order chi connectivity index (χ0) is 15.8. The molecule has 0 saturated heterocycles. The third-order valence-electron chi connectivity index (χ3n) is 3.09. The smallest absolute Gasteiger partial charge is 0.264 e. The Morgan fingerprint density at radius 2 is 1.90 bits per heavy atom. The second-order valence-electron chi connectivity index (χ2n) is 4.60. The third-order valence-corrected chi connectivity index (χ3v) is 5.37. The fourth-order valence-electron chi connectivity index (χ4n) is 1.88. The van der Waals surface area contributed by atoms with Crippen LogP contribution in [-0.4, -0.2) is 15.5 Å². The molecule has 0 aliphatic heterocycles. The van der Waals surface area contributed by atoms with Gasteiger partial charge in [-0.1, -0.05) is 17.7 Å². The number of nitrogens with zero attached hydrogens (tertiary/aromatic N) is 1. The van der Waals surface area contributed by atoms with Gasteiger partial charge in [-0.15, -0.1) is 0 Å². The van der Waals surface area contributed by atoms with Gasteiger partial charge in [0.2, 0.25) is 0 Å². The Morgan fingerprint density at radius 1 is 1.24 bits per heavy atom. The predicted molar refractivity (Wildman–Crippen MR) is 82.6 cm³/mol. The van der Waals surface area contributed by atoms with Crippen molar-refractivity contribution in [2.75, 3.05) is 17.1 Å². The Bertz CT molecular complexity index is 770. The van der Waals surface area contributed by atoms with Crippen molar-refractivity contribution in [3.05, 3.63) is 52.8 Å². The van der Waals surface area contributed by atoms with Gasteiger partial charge in [0.25, 0.3) is 10.0 Å². The molecular formula is C14H14ClFN2O2S. The minimum Gasteiger partial charge on any atom is -0.397 e. The summed E-state index contributed by atoms with van der Waals surface area (Å²) in [6.07, 6.45) is 0. The molecular weight excluding hydrogens is 315 g/mol. The highest BCUT2D eigenvalue weighted by atomic mass is 35.5. The summed E-state index contributed by atoms with van der Waals surface area (Å²) < 4.78 is 39.4. The lowest BCUT2D eigenvalue weighted by Crippen LogP contribution is -2.26. The first-order valence-corrected chi connectivity index (χ1v) is 7.85. The number of halogens is 2. The molecule has 2 N–H and O–H groups in total. The zero-order valence-corrected chi connectivity index (χ0v) is 13.0. The fourth-order valence-corrected chi connectivity index (χ4v) is 3.30. The van der Waals surface area contributed by atoms with Crippen LogP contribution >= 0.6 is 11.6 Å². The largest absolute Gasteiger partial charge is 0.397 e. The molecule has 2 rings (SSSR count). The number of anilines is 2. The van der Waals surface area contributed by atoms with E-state index in [1.54, 1.807) is 6.92 Å². The van der Waals surface area contributed by atoms with Gasteiger partial charge in [0.1, 0.15) is 5.82 Å². The van der Waals surface area contributed by atoms with Crippen molar-refractivity contribution in [3.63, 3.8) is 0 Å². The van der Waals surface area contributed by atoms with Gasteiger partial charge in [0.15, 0.2) is 0 Å². The number of sulfonamides is 1. The van der Waals surface area contributed by atoms with Crippen molar-refractivity contribution in [1.82, 2.24) is 0 Å². The van der Waals surface area contributed by atoms with E-state index in [2.05, 4.69) is 0 Å². The van der Waals surface area contributed by atoms with Crippen LogP contribution in [0.1, 0.15) is 5.56 Å². The lowest BCUT2D eigenvalue weighted by molar-refractivity contribution is 0.594. The van der Waals surface area contributed by atoms with Gasteiger partial charge in [-0.2, -0.15) is 0 Å². The van der Waals surface area contributed by atoms with E-state index in [1.165, 1.54) is 37.4 Å². The number of nitrogens with two attached hydrogens (primary N) is 1. The lowest BCUT2D eigenvalue weighted by Gasteiger charge is -2.20. The van der Waals surface area contributed by atoms with E-state index in [1.807, 2.05) is 0 Å². The summed E-state index contributed by atoms with van der Waals surface area (Å²) in [7, 11) is -2.49. The lowest BCUT2D eigenvalue weighted by atomic mass is 10.2. The Morgan fingerprint density at radius 3 is 2.48 bits per heavy atom. The van der Waals surface area contributed by atoms with Crippen LogP contribution in [0, 0.1) is 12.7 Å². The molecule has 0 unspecified atom stereocenters. The van der Waals surface area contributed by atoms with Crippen molar-refractivity contribution in [3.8, 4) is 0 Å². The van der Waals surface area contributed by atoms with Gasteiger partial charge in [-0.25, -0.2) is 12.8 Å². The van der Waals surface area contributed by atoms with Crippen molar-refractivity contribution in [1.29, 1.82) is 0 Å². The number of hydrogen-bond acceptors (Lipinski definition) is 3. The number of aryl methyl sites for hydroxylation is 1. The second kappa shape index (κ2) is 5.54. The van der Waals surface area contributed by atoms with Crippen LogP contribution in [-0.2, 0) is 10.0 Å². The Balaban J connectivity index is 2.52. The van der Waals surface area contributed by atoms with E-state index in [4.69, 9.17) is 17.3 Å². The molecule has 112 valence electrons. The standard InChI is InChI=1S/C14H14ClFN2O2S/c1-9-6-12(8-13(17)14(9)15)21(19,20)18(2)11-5-3-4-10(16)7-11/h3-8H,17H2,1-2H3. The second-order valence-corrected chi connectivity index (χ2v) is 6.94. The van der Waals surface area contributed by atoms with Gasteiger partial charge in [0, 0.05) is 7.05 Å². The van der Waals surface area contributed by atoms with Crippen molar-refractivity contribution < 1.29 is 12.8 Å². The first-order valence-electron chi connectivity index (χ1n) is 6.03. The molecule has 0 spiro atoms. The van der Waals surface area contributed by atoms with Crippen LogP contribution in [0.15, 0.2) is 41.3 Å². The normalized spacial score (nSPS) is 11.4. The monoisotopic (exact) mass is 328 g/mol. The molecule has 2 aromatic carbocycles. The number of rotatable bonds is 3. The van der Waals surface area contributed by atoms with Gasteiger partial charge >= 0.3 is 0 Å². The highest BCUT2D eigenvalue weighted by Gasteiger charge is 2.23. The van der Waals surface area contributed by atoms with Crippen LogP contribution in [0.3, 0.4) is 0 Å². The summed E-state index contributed by atoms with van der Waals surface area (Å²) in [5.41, 5.74) is 6.67. The van der Waals surface area contributed by atoms with Crippen LogP contribution in [0.4, 0.5) is 15.8 Å². The van der Waals surface area contributed by atoms with E-state index < -0.39 is 15.8 Å². The predicted octanol–water partition coefficient (Wildman–Crippen LogP) is 3.19. The minimum atomic E-state index is -3.84. The third kappa shape index (κ3) is 2.96. The zero-order valence-electron chi connectivity index (χ0n) is 11.5. The highest BCUT2D eigenvalue weighted by Crippen LogP contribution is 2.29. The molecule has 0 aliphatic carbocycles. The molecule has 0 atom stereocenters.